The van der Waals surface area contributed by atoms with Gasteiger partial charge in [-0.1, -0.05) is 78.8 Å². The van der Waals surface area contributed by atoms with Crippen molar-refractivity contribution >= 4 is 24.0 Å². The third-order valence-corrected chi connectivity index (χ3v) is 16.0. The second-order valence-corrected chi connectivity index (χ2v) is 19.8. The highest BCUT2D eigenvalue weighted by Crippen LogP contribution is 2.42. The van der Waals surface area contributed by atoms with Crippen molar-refractivity contribution in [2.75, 3.05) is 6.61 Å². The Balaban J connectivity index is 1.93. The summed E-state index contributed by atoms with van der Waals surface area (Å²) in [6.45, 7) is 15.4. The number of hydrogen-bond acceptors (Lipinski definition) is 5. The highest BCUT2D eigenvalue weighted by atomic mass is 28.4. The van der Waals surface area contributed by atoms with Gasteiger partial charge >= 0.3 is 12.1 Å². The van der Waals surface area contributed by atoms with E-state index >= 15 is 0 Å². The molecule has 10 heteroatoms. The summed E-state index contributed by atoms with van der Waals surface area (Å²) in [5.41, 5.74) is -0.742. The van der Waals surface area contributed by atoms with Gasteiger partial charge in [-0.2, -0.15) is 13.2 Å². The van der Waals surface area contributed by atoms with E-state index in [1.807, 2.05) is 6.08 Å². The number of rotatable bonds is 14. The van der Waals surface area contributed by atoms with E-state index in [9.17, 15) is 18.0 Å². The largest absolute Gasteiger partial charge is 0.491 e. The van der Waals surface area contributed by atoms with Crippen LogP contribution in [0, 0.1) is 17.8 Å². The van der Waals surface area contributed by atoms with Crippen LogP contribution in [0.15, 0.2) is 48.6 Å². The molecule has 2 radical (unpaired) electrons. The van der Waals surface area contributed by atoms with Crippen LogP contribution in [0.3, 0.4) is 0 Å². The first-order valence-corrected chi connectivity index (χ1v) is 20.1. The third kappa shape index (κ3) is 10.8. The van der Waals surface area contributed by atoms with Crippen LogP contribution in [0.5, 0.6) is 5.75 Å². The molecule has 0 bridgehead atoms. The number of allylic oxidation sites excluding steroid dienone is 2. The van der Waals surface area contributed by atoms with Gasteiger partial charge in [-0.25, -0.2) is 0 Å². The molecule has 0 spiro atoms. The molecule has 0 saturated heterocycles. The van der Waals surface area contributed by atoms with Crippen LogP contribution in [-0.4, -0.2) is 49.0 Å². The average Bonchev–Trinajstić information content (AvgIpc) is 3.33. The van der Waals surface area contributed by atoms with Gasteiger partial charge in [-0.3, -0.25) is 4.79 Å². The monoisotopic (exact) mass is 666 g/mol. The zero-order valence-electron chi connectivity index (χ0n) is 28.1. The fourth-order valence-corrected chi connectivity index (χ4v) is 9.61. The Morgan fingerprint density at radius 1 is 1.11 bits per heavy atom. The molecule has 1 aromatic rings. The van der Waals surface area contributed by atoms with Crippen LogP contribution in [0.25, 0.3) is 0 Å². The lowest BCUT2D eigenvalue weighted by Gasteiger charge is -2.33. The summed E-state index contributed by atoms with van der Waals surface area (Å²) in [7, 11) is -1.82. The van der Waals surface area contributed by atoms with Gasteiger partial charge < -0.3 is 18.3 Å². The van der Waals surface area contributed by atoms with Crippen molar-refractivity contribution < 1.29 is 36.3 Å². The quantitative estimate of drug-likeness (QED) is 0.112. The minimum Gasteiger partial charge on any atom is -0.491 e. The van der Waals surface area contributed by atoms with Crippen molar-refractivity contribution in [3.8, 4) is 5.75 Å². The van der Waals surface area contributed by atoms with Crippen molar-refractivity contribution in [2.45, 2.75) is 128 Å². The van der Waals surface area contributed by atoms with E-state index in [4.69, 9.17) is 18.3 Å². The first-order valence-electron chi connectivity index (χ1n) is 16.7. The molecule has 1 aromatic carbocycles. The molecule has 1 saturated carbocycles. The molecular weight excluding hydrogens is 614 g/mol. The standard InChI is InChI=1S/C35H53F3O5Si2/c1-8-45(9-2,10-3)43-28(24-40-27-17-15-16-26(22-27)35(36,37)38)20-21-30-29-18-13-11-12-14-19-33(39)41-31(29)23-32(30)42-44-34(6,7)25(4)5/h11,13,15-17,20-22,25,28-32H,8-10,12,14,18-19,23-24H2,1-7H3/b13-11?,21-20-/t28-,29-,30-,31+,32-/m1/s1. The van der Waals surface area contributed by atoms with Crippen LogP contribution in [0.2, 0.25) is 23.2 Å². The molecule has 252 valence electrons. The maximum atomic E-state index is 13.4. The fraction of sp³-hybridized carbons (Fsp3) is 0.686. The van der Waals surface area contributed by atoms with Crippen molar-refractivity contribution in [2.24, 2.45) is 17.8 Å². The van der Waals surface area contributed by atoms with Gasteiger partial charge in [0.2, 0.25) is 9.76 Å². The lowest BCUT2D eigenvalue weighted by Crippen LogP contribution is -2.41. The lowest BCUT2D eigenvalue weighted by molar-refractivity contribution is -0.151. The van der Waals surface area contributed by atoms with E-state index in [2.05, 4.69) is 66.7 Å². The first-order chi connectivity index (χ1) is 21.2. The summed E-state index contributed by atoms with van der Waals surface area (Å²) in [6.07, 6.45) is 6.69. The van der Waals surface area contributed by atoms with E-state index in [-0.39, 0.29) is 57.2 Å². The van der Waals surface area contributed by atoms with Gasteiger partial charge in [-0.15, -0.1) is 0 Å². The Morgan fingerprint density at radius 3 is 2.47 bits per heavy atom. The molecule has 5 atom stereocenters. The fourth-order valence-electron chi connectivity index (χ4n) is 5.87. The lowest BCUT2D eigenvalue weighted by atomic mass is 9.89. The molecule has 0 aromatic heterocycles. The molecule has 0 unspecified atom stereocenters. The molecule has 1 aliphatic heterocycles. The summed E-state index contributed by atoms with van der Waals surface area (Å²) in [6, 6.07) is 7.78. The zero-order valence-corrected chi connectivity index (χ0v) is 30.1. The topological polar surface area (TPSA) is 54.0 Å². The normalized spacial score (nSPS) is 24.1. The van der Waals surface area contributed by atoms with Crippen LogP contribution in [-0.2, 0) is 24.6 Å². The first kappa shape index (κ1) is 37.6. The van der Waals surface area contributed by atoms with Gasteiger partial charge in [0.05, 0.1) is 17.8 Å². The van der Waals surface area contributed by atoms with Crippen LogP contribution in [0.1, 0.15) is 86.1 Å². The molecule has 0 amide bonds. The summed E-state index contributed by atoms with van der Waals surface area (Å²) >= 11 is 0. The van der Waals surface area contributed by atoms with Gasteiger partial charge in [-0.05, 0) is 66.6 Å². The molecule has 5 nitrogen and oxygen atoms in total. The highest BCUT2D eigenvalue weighted by Gasteiger charge is 2.45. The van der Waals surface area contributed by atoms with E-state index in [1.54, 1.807) is 6.07 Å². The van der Waals surface area contributed by atoms with Crippen LogP contribution >= 0.6 is 0 Å². The van der Waals surface area contributed by atoms with Gasteiger partial charge in [0.25, 0.3) is 0 Å². The summed E-state index contributed by atoms with van der Waals surface area (Å²) in [4.78, 5) is 12.7. The molecule has 1 fully saturated rings. The van der Waals surface area contributed by atoms with E-state index in [1.165, 1.54) is 6.07 Å². The number of carbonyl (C=O) groups excluding carboxylic acids is 1. The van der Waals surface area contributed by atoms with Crippen molar-refractivity contribution in [1.29, 1.82) is 0 Å². The number of hydrogen-bond donors (Lipinski definition) is 0. The van der Waals surface area contributed by atoms with E-state index < -0.39 is 26.2 Å². The van der Waals surface area contributed by atoms with Crippen LogP contribution in [0.4, 0.5) is 13.2 Å². The number of ether oxygens (including phenoxy) is 2. The Bertz CT molecular complexity index is 1120. The van der Waals surface area contributed by atoms with Gasteiger partial charge in [0.1, 0.15) is 18.5 Å². The smallest absolute Gasteiger partial charge is 0.416 e. The Morgan fingerprint density at radius 2 is 1.82 bits per heavy atom. The molecule has 0 N–H and O–H groups in total. The van der Waals surface area contributed by atoms with Crippen molar-refractivity contribution in [3.05, 3.63) is 54.1 Å². The Labute approximate surface area is 272 Å². The molecule has 1 aliphatic carbocycles. The molecular formula is C35H53F3O5Si2. The summed E-state index contributed by atoms with van der Waals surface area (Å²) in [5, 5.41) is 0.000360. The average molecular weight is 667 g/mol. The Kier molecular flexibility index (Phi) is 14.0. The highest BCUT2D eigenvalue weighted by molar-refractivity contribution is 6.73. The zero-order chi connectivity index (χ0) is 33.3. The number of carbonyl (C=O) groups is 1. The van der Waals surface area contributed by atoms with Gasteiger partial charge in [0, 0.05) is 24.7 Å². The van der Waals surface area contributed by atoms with Gasteiger partial charge in [0.15, 0.2) is 8.32 Å². The van der Waals surface area contributed by atoms with Crippen molar-refractivity contribution in [1.82, 2.24) is 0 Å². The minimum atomic E-state index is -4.45. The molecule has 3 rings (SSSR count). The maximum absolute atomic E-state index is 13.4. The number of fused-ring (bicyclic) bond motifs is 1. The summed E-state index contributed by atoms with van der Waals surface area (Å²) < 4.78 is 65.6. The Hall–Kier alpha value is -1.89. The number of benzene rings is 1. The molecule has 45 heavy (non-hydrogen) atoms. The van der Waals surface area contributed by atoms with E-state index in [0.29, 0.717) is 18.8 Å². The van der Waals surface area contributed by atoms with E-state index in [0.717, 1.165) is 49.5 Å². The van der Waals surface area contributed by atoms with Crippen molar-refractivity contribution in [3.63, 3.8) is 0 Å². The van der Waals surface area contributed by atoms with Crippen LogP contribution < -0.4 is 4.74 Å². The predicted octanol–water partition coefficient (Wildman–Crippen LogP) is 9.57. The maximum Gasteiger partial charge on any atom is 0.416 e. The number of esters is 1. The second-order valence-electron chi connectivity index (χ2n) is 13.4. The third-order valence-electron chi connectivity index (χ3n) is 9.85. The second kappa shape index (κ2) is 16.8. The summed E-state index contributed by atoms with van der Waals surface area (Å²) in [5.74, 6) is 0.463. The predicted molar refractivity (Wildman–Crippen MR) is 177 cm³/mol. The minimum absolute atomic E-state index is 0.000360. The SMILES string of the molecule is CC[Si](CC)(CC)O[C@H](/C=C\[C@@H]1[C@H]2CC=CCCCC(=O)O[C@H]2C[C@H]1O[Si]C(C)(C)C(C)C)COc1cccc(C(F)(F)F)c1. The number of alkyl halides is 3. The number of halogens is 3. The molecule has 1 heterocycles. The molecule has 2 aliphatic rings.